The van der Waals surface area contributed by atoms with E-state index in [9.17, 15) is 19.5 Å². The number of benzene rings is 1. The molecule has 2 aliphatic rings. The van der Waals surface area contributed by atoms with Crippen LogP contribution in [0.5, 0.6) is 0 Å². The molecule has 2 amide bonds. The van der Waals surface area contributed by atoms with Crippen molar-refractivity contribution >= 4 is 28.5 Å². The summed E-state index contributed by atoms with van der Waals surface area (Å²) in [6.45, 7) is 2.55. The van der Waals surface area contributed by atoms with E-state index in [1.54, 1.807) is 22.9 Å². The first-order valence-corrected chi connectivity index (χ1v) is 11.2. The second-order valence-corrected chi connectivity index (χ2v) is 9.03. The van der Waals surface area contributed by atoms with E-state index in [2.05, 4.69) is 15.4 Å². The van der Waals surface area contributed by atoms with E-state index in [0.29, 0.717) is 48.3 Å². The van der Waals surface area contributed by atoms with Gasteiger partial charge in [-0.15, -0.1) is 0 Å². The summed E-state index contributed by atoms with van der Waals surface area (Å²) < 4.78 is 2.96. The first-order valence-electron chi connectivity index (χ1n) is 11.2. The molecule has 1 saturated carbocycles. The normalized spacial score (nSPS) is 17.8. The molecule has 0 atom stereocenters. The van der Waals surface area contributed by atoms with Gasteiger partial charge in [-0.05, 0) is 43.9 Å². The minimum absolute atomic E-state index is 0.115. The molecule has 10 nitrogen and oxygen atoms in total. The number of nitrogens with one attached hydrogen (secondary N) is 1. The van der Waals surface area contributed by atoms with Crippen LogP contribution in [0, 0.1) is 5.92 Å². The van der Waals surface area contributed by atoms with E-state index in [0.717, 1.165) is 12.8 Å². The number of carbonyl (C=O) groups excluding carboxylic acids is 2. The summed E-state index contributed by atoms with van der Waals surface area (Å²) in [5, 5.41) is 18.5. The average molecular weight is 450 g/mol. The number of aromatic nitrogens is 4. The Morgan fingerprint density at radius 3 is 2.70 bits per heavy atom. The Morgan fingerprint density at radius 2 is 2.00 bits per heavy atom. The summed E-state index contributed by atoms with van der Waals surface area (Å²) in [5.41, 5.74) is 0.322. The van der Waals surface area contributed by atoms with E-state index in [1.165, 1.54) is 24.0 Å². The minimum atomic E-state index is -1.07. The largest absolute Gasteiger partial charge is 0.388 e. The molecule has 2 N–H and O–H groups in total. The zero-order chi connectivity index (χ0) is 23.2. The second kappa shape index (κ2) is 8.11. The fraction of sp³-hybridized carbons (Fsp3) is 0.435. The van der Waals surface area contributed by atoms with Crippen LogP contribution in [0.2, 0.25) is 0 Å². The maximum atomic E-state index is 13.1. The van der Waals surface area contributed by atoms with Crippen LogP contribution in [-0.2, 0) is 16.1 Å². The monoisotopic (exact) mass is 450 g/mol. The Kier molecular flexibility index (Phi) is 5.24. The predicted molar refractivity (Wildman–Crippen MR) is 121 cm³/mol. The van der Waals surface area contributed by atoms with Crippen molar-refractivity contribution in [2.45, 2.75) is 44.8 Å². The highest BCUT2D eigenvalue weighted by Crippen LogP contribution is 2.33. The molecule has 0 unspecified atom stereocenters. The van der Waals surface area contributed by atoms with Crippen LogP contribution in [0.3, 0.4) is 0 Å². The molecular formula is C23H26N6O4. The lowest BCUT2D eigenvalue weighted by molar-refractivity contribution is -0.137. The highest BCUT2D eigenvalue weighted by atomic mass is 16.3. The van der Waals surface area contributed by atoms with Gasteiger partial charge in [-0.25, -0.2) is 9.67 Å². The van der Waals surface area contributed by atoms with E-state index >= 15 is 0 Å². The van der Waals surface area contributed by atoms with Crippen LogP contribution < -0.4 is 10.9 Å². The van der Waals surface area contributed by atoms with Gasteiger partial charge in [0.05, 0.1) is 24.0 Å². The van der Waals surface area contributed by atoms with Gasteiger partial charge in [0.15, 0.2) is 5.65 Å². The zero-order valence-electron chi connectivity index (χ0n) is 18.4. The number of aliphatic hydroxyl groups is 1. The quantitative estimate of drug-likeness (QED) is 0.604. The molecule has 2 fully saturated rings. The third kappa shape index (κ3) is 4.25. The first kappa shape index (κ1) is 21.3. The molecule has 0 bridgehead atoms. The third-order valence-corrected chi connectivity index (χ3v) is 6.36. The molecule has 3 aromatic rings. The number of nitrogens with zero attached hydrogens (tertiary/aromatic N) is 5. The summed E-state index contributed by atoms with van der Waals surface area (Å²) in [6.07, 6.45) is 5.67. The molecule has 172 valence electrons. The van der Waals surface area contributed by atoms with Crippen molar-refractivity contribution in [1.82, 2.24) is 24.2 Å². The molecule has 2 aromatic heterocycles. The fourth-order valence-electron chi connectivity index (χ4n) is 4.38. The van der Waals surface area contributed by atoms with Crippen molar-refractivity contribution in [2.24, 2.45) is 5.92 Å². The highest BCUT2D eigenvalue weighted by Gasteiger charge is 2.39. The summed E-state index contributed by atoms with van der Waals surface area (Å²) in [5.74, 6) is 0.173. The van der Waals surface area contributed by atoms with Gasteiger partial charge in [0.25, 0.3) is 5.56 Å². The fourth-order valence-corrected chi connectivity index (χ4v) is 4.38. The van der Waals surface area contributed by atoms with Crippen molar-refractivity contribution in [2.75, 3.05) is 18.4 Å². The van der Waals surface area contributed by atoms with Crippen LogP contribution in [0.25, 0.3) is 16.7 Å². The summed E-state index contributed by atoms with van der Waals surface area (Å²) in [6, 6.07) is 7.11. The summed E-state index contributed by atoms with van der Waals surface area (Å²) in [4.78, 5) is 43.0. The molecule has 1 aliphatic carbocycles. The van der Waals surface area contributed by atoms with Gasteiger partial charge in [-0.2, -0.15) is 5.10 Å². The van der Waals surface area contributed by atoms with E-state index < -0.39 is 5.60 Å². The van der Waals surface area contributed by atoms with E-state index in [4.69, 9.17) is 0 Å². The van der Waals surface area contributed by atoms with Gasteiger partial charge in [-0.1, -0.05) is 6.07 Å². The topological polar surface area (TPSA) is 122 Å². The van der Waals surface area contributed by atoms with Crippen molar-refractivity contribution in [3.63, 3.8) is 0 Å². The molecule has 0 radical (unpaired) electrons. The van der Waals surface area contributed by atoms with Crippen LogP contribution >= 0.6 is 0 Å². The number of anilines is 1. The molecule has 0 spiro atoms. The average Bonchev–Trinajstić information content (AvgIpc) is 3.54. The Labute approximate surface area is 189 Å². The van der Waals surface area contributed by atoms with Crippen molar-refractivity contribution in [3.8, 4) is 5.69 Å². The lowest BCUT2D eigenvalue weighted by atomic mass is 9.91. The molecule has 5 rings (SSSR count). The molecular weight excluding hydrogens is 424 g/mol. The standard InChI is InChI=1S/C23H26N6O4/c1-15(30)26-17-3-2-4-18(11-17)29-20-19(12-25-29)22(32)28(14-24-20)13-23(33)7-9-27(10-8-23)21(31)16-5-6-16/h2-4,11-12,14,16,33H,5-10,13H2,1H3,(H,26,30). The van der Waals surface area contributed by atoms with Gasteiger partial charge in [-0.3, -0.25) is 19.0 Å². The Bertz CT molecular complexity index is 1280. The molecule has 1 saturated heterocycles. The number of fused-ring (bicyclic) bond motifs is 1. The minimum Gasteiger partial charge on any atom is -0.388 e. The van der Waals surface area contributed by atoms with Crippen molar-refractivity contribution < 1.29 is 14.7 Å². The Balaban J connectivity index is 1.36. The van der Waals surface area contributed by atoms with Gasteiger partial charge < -0.3 is 15.3 Å². The van der Waals surface area contributed by atoms with E-state index in [-0.39, 0.29) is 29.8 Å². The lowest BCUT2D eigenvalue weighted by Crippen LogP contribution is -2.50. The number of piperidine rings is 1. The van der Waals surface area contributed by atoms with Crippen LogP contribution in [0.1, 0.15) is 32.6 Å². The molecule has 33 heavy (non-hydrogen) atoms. The van der Waals surface area contributed by atoms with Crippen LogP contribution in [0.15, 0.2) is 41.6 Å². The Hall–Kier alpha value is -3.53. The zero-order valence-corrected chi connectivity index (χ0v) is 18.4. The molecule has 3 heterocycles. The number of rotatable bonds is 5. The van der Waals surface area contributed by atoms with Gasteiger partial charge in [0.2, 0.25) is 11.8 Å². The number of hydrogen-bond acceptors (Lipinski definition) is 6. The molecule has 10 heteroatoms. The van der Waals surface area contributed by atoms with Gasteiger partial charge >= 0.3 is 0 Å². The van der Waals surface area contributed by atoms with Gasteiger partial charge in [0, 0.05) is 31.6 Å². The van der Waals surface area contributed by atoms with Crippen LogP contribution in [-0.4, -0.2) is 59.8 Å². The predicted octanol–water partition coefficient (Wildman–Crippen LogP) is 1.30. The second-order valence-electron chi connectivity index (χ2n) is 9.03. The van der Waals surface area contributed by atoms with Gasteiger partial charge in [0.1, 0.15) is 11.7 Å². The maximum absolute atomic E-state index is 13.1. The SMILES string of the molecule is CC(=O)Nc1cccc(-n2ncc3c(=O)n(CC4(O)CCN(C(=O)C5CC5)CC4)cnc32)c1. The number of amides is 2. The first-order chi connectivity index (χ1) is 15.8. The molecule has 1 aliphatic heterocycles. The van der Waals surface area contributed by atoms with Crippen molar-refractivity contribution in [3.05, 3.63) is 47.1 Å². The van der Waals surface area contributed by atoms with E-state index in [1.807, 2.05) is 11.0 Å². The van der Waals surface area contributed by atoms with Crippen LogP contribution in [0.4, 0.5) is 5.69 Å². The number of likely N-dealkylation sites (tertiary alicyclic amines) is 1. The molecule has 1 aromatic carbocycles. The number of carbonyl (C=O) groups is 2. The summed E-state index contributed by atoms with van der Waals surface area (Å²) >= 11 is 0. The maximum Gasteiger partial charge on any atom is 0.264 e. The van der Waals surface area contributed by atoms with Crippen molar-refractivity contribution in [1.29, 1.82) is 0 Å². The third-order valence-electron chi connectivity index (χ3n) is 6.36. The summed E-state index contributed by atoms with van der Waals surface area (Å²) in [7, 11) is 0. The Morgan fingerprint density at radius 1 is 1.24 bits per heavy atom. The highest BCUT2D eigenvalue weighted by molar-refractivity contribution is 5.89. The smallest absolute Gasteiger partial charge is 0.264 e. The lowest BCUT2D eigenvalue weighted by Gasteiger charge is -2.38. The number of hydrogen-bond donors (Lipinski definition) is 2.